The Labute approximate surface area is 433 Å². The first-order chi connectivity index (χ1) is 37.2. The number of anilines is 6. The van der Waals surface area contributed by atoms with Gasteiger partial charge in [-0.15, -0.1) is 0 Å². The van der Waals surface area contributed by atoms with Gasteiger partial charge in [-0.3, -0.25) is 0 Å². The fourth-order valence-electron chi connectivity index (χ4n) is 12.2. The summed E-state index contributed by atoms with van der Waals surface area (Å²) >= 11 is 0. The van der Waals surface area contributed by atoms with E-state index < -0.39 is 0 Å². The van der Waals surface area contributed by atoms with Gasteiger partial charge in [0, 0.05) is 86.5 Å². The Balaban J connectivity index is 0.914. The summed E-state index contributed by atoms with van der Waals surface area (Å²) in [5.74, 6) is 6.36. The molecule has 0 saturated heterocycles. The molecule has 0 unspecified atom stereocenters. The Bertz CT molecular complexity index is 3940. The maximum Gasteiger partial charge on any atom is 0.260 e. The van der Waals surface area contributed by atoms with E-state index in [0.29, 0.717) is 0 Å². The minimum Gasteiger partial charge on any atom is -0.458 e. The summed E-state index contributed by atoms with van der Waals surface area (Å²) in [5.41, 5.74) is 15.5. The summed E-state index contributed by atoms with van der Waals surface area (Å²) in [6.45, 7) is -0.310. The number of para-hydroxylation sites is 7. The highest BCUT2D eigenvalue weighted by Crippen LogP contribution is 2.47. The second-order valence-corrected chi connectivity index (χ2v) is 19.6. The lowest BCUT2D eigenvalue weighted by molar-refractivity contribution is 0.464. The van der Waals surface area contributed by atoms with Gasteiger partial charge in [0.05, 0.1) is 22.4 Å². The van der Waals surface area contributed by atoms with Crippen molar-refractivity contribution in [1.82, 2.24) is 4.57 Å². The summed E-state index contributed by atoms with van der Waals surface area (Å²) in [6, 6.07) is 87.3. The van der Waals surface area contributed by atoms with Gasteiger partial charge in [0.1, 0.15) is 46.0 Å². The van der Waals surface area contributed by atoms with E-state index in [0.717, 1.165) is 140 Å². The fraction of sp³-hybridized carbons (Fsp3) is 0. The highest BCUT2D eigenvalue weighted by molar-refractivity contribution is 6.99. The number of benzene rings is 11. The van der Waals surface area contributed by atoms with Gasteiger partial charge in [-0.05, 0) is 94.6 Å². The van der Waals surface area contributed by atoms with Crippen molar-refractivity contribution in [2.45, 2.75) is 0 Å². The molecule has 0 aliphatic carbocycles. The van der Waals surface area contributed by atoms with Crippen LogP contribution in [0.2, 0.25) is 0 Å². The molecule has 0 radical (unpaired) electrons. The van der Waals surface area contributed by atoms with E-state index in [1.807, 2.05) is 24.3 Å². The number of hydrogen-bond donors (Lipinski definition) is 0. The van der Waals surface area contributed by atoms with Gasteiger partial charge in [-0.2, -0.15) is 0 Å². The van der Waals surface area contributed by atoms with Gasteiger partial charge in [0.25, 0.3) is 13.4 Å². The van der Waals surface area contributed by atoms with Crippen molar-refractivity contribution in [1.29, 1.82) is 0 Å². The Morgan fingerprint density at radius 1 is 0.267 bits per heavy atom. The van der Waals surface area contributed by atoms with Gasteiger partial charge in [-0.25, -0.2) is 0 Å². The third-order valence-corrected chi connectivity index (χ3v) is 15.3. The van der Waals surface area contributed by atoms with Gasteiger partial charge in [0.2, 0.25) is 0 Å². The van der Waals surface area contributed by atoms with E-state index in [1.165, 1.54) is 0 Å². The van der Waals surface area contributed by atoms with Crippen molar-refractivity contribution in [3.63, 3.8) is 0 Å². The molecule has 0 bridgehead atoms. The zero-order chi connectivity index (χ0) is 49.1. The Morgan fingerprint density at radius 3 is 0.960 bits per heavy atom. The molecule has 4 aliphatic heterocycles. The molecule has 5 heterocycles. The largest absolute Gasteiger partial charge is 0.458 e. The molecule has 1 aromatic heterocycles. The summed E-state index contributed by atoms with van der Waals surface area (Å²) in [7, 11) is 0. The number of rotatable bonds is 7. The highest BCUT2D eigenvalue weighted by atomic mass is 16.5. The van der Waals surface area contributed by atoms with E-state index in [-0.39, 0.29) is 13.4 Å². The molecule has 0 saturated carbocycles. The van der Waals surface area contributed by atoms with Gasteiger partial charge in [0.15, 0.2) is 0 Å². The fourth-order valence-corrected chi connectivity index (χ4v) is 12.2. The summed E-state index contributed by atoms with van der Waals surface area (Å²) in [4.78, 5) is 4.52. The standard InChI is InChI=1S/C66H41B2N3O4/c1-6-20-42(21-7-1)69(43-22-8-2-9-23-43)47-34-61-65-63(36-47)74-59-40-55-49(38-53(59)67(65)51-30-16-18-32-57(51)72-61)50-39-54-60(41-56(50)71(55)46-28-14-5-15-29-46)75-64-37-48(35-62-66(64)68(54)52-31-17-19-33-58(52)73-62)70(44-24-10-3-11-25-44)45-26-12-4-13-27-45/h1-41H. The van der Waals surface area contributed by atoms with Crippen LogP contribution in [0.4, 0.5) is 34.1 Å². The van der Waals surface area contributed by atoms with Crippen molar-refractivity contribution >= 4 is 102 Å². The van der Waals surface area contributed by atoms with Crippen molar-refractivity contribution < 1.29 is 18.9 Å². The van der Waals surface area contributed by atoms with Crippen molar-refractivity contribution in [3.05, 3.63) is 249 Å². The van der Waals surface area contributed by atoms with Gasteiger partial charge < -0.3 is 33.3 Å². The third kappa shape index (κ3) is 6.44. The lowest BCUT2D eigenvalue weighted by Crippen LogP contribution is -2.57. The van der Waals surface area contributed by atoms with Crippen LogP contribution in [0, 0.1) is 0 Å². The molecule has 0 amide bonds. The maximum atomic E-state index is 7.27. The minimum absolute atomic E-state index is 0.155. The molecule has 11 aromatic carbocycles. The molecule has 0 atom stereocenters. The van der Waals surface area contributed by atoms with Crippen LogP contribution in [-0.2, 0) is 0 Å². The number of fused-ring (bicyclic) bond motifs is 11. The molecule has 16 rings (SSSR count). The van der Waals surface area contributed by atoms with Crippen LogP contribution < -0.4 is 61.5 Å². The highest BCUT2D eigenvalue weighted by Gasteiger charge is 2.44. The number of nitrogens with zero attached hydrogens (tertiary/aromatic N) is 3. The van der Waals surface area contributed by atoms with E-state index in [9.17, 15) is 0 Å². The molecule has 350 valence electrons. The van der Waals surface area contributed by atoms with E-state index in [2.05, 4.69) is 239 Å². The number of hydrogen-bond acceptors (Lipinski definition) is 6. The SMILES string of the molecule is c1ccc(N(c2ccccc2)c2cc3c4c(c2)Oc2cc5c(cc2B4c2ccccc2O3)c2cc3c(cc2n5-c2ccccc2)Oc2cc(N(c4ccccc4)c4ccccc4)cc4c2B3c2ccccc2O4)cc1. The Hall–Kier alpha value is -9.85. The monoisotopic (exact) mass is 961 g/mol. The van der Waals surface area contributed by atoms with Crippen LogP contribution >= 0.6 is 0 Å². The number of ether oxygens (including phenoxy) is 4. The molecule has 0 N–H and O–H groups in total. The maximum absolute atomic E-state index is 7.27. The van der Waals surface area contributed by atoms with Crippen LogP contribution in [-0.4, -0.2) is 18.0 Å². The van der Waals surface area contributed by atoms with Crippen molar-refractivity contribution in [2.75, 3.05) is 9.80 Å². The van der Waals surface area contributed by atoms with Crippen LogP contribution in [0.5, 0.6) is 46.0 Å². The Morgan fingerprint density at radius 2 is 0.587 bits per heavy atom. The van der Waals surface area contributed by atoms with E-state index in [1.54, 1.807) is 0 Å². The topological polar surface area (TPSA) is 48.3 Å². The summed E-state index contributed by atoms with van der Waals surface area (Å²) in [6.07, 6.45) is 0. The summed E-state index contributed by atoms with van der Waals surface area (Å²) < 4.78 is 30.7. The normalized spacial score (nSPS) is 12.9. The molecule has 9 heteroatoms. The minimum atomic E-state index is -0.155. The third-order valence-electron chi connectivity index (χ3n) is 15.3. The zero-order valence-electron chi connectivity index (χ0n) is 40.3. The van der Waals surface area contributed by atoms with Gasteiger partial charge in [-0.1, -0.05) is 140 Å². The molecule has 12 aromatic rings. The van der Waals surface area contributed by atoms with Crippen LogP contribution in [0.1, 0.15) is 0 Å². The molecule has 4 aliphatic rings. The van der Waals surface area contributed by atoms with Crippen LogP contribution in [0.15, 0.2) is 249 Å². The molecular formula is C66H41B2N3O4. The second-order valence-electron chi connectivity index (χ2n) is 19.6. The van der Waals surface area contributed by atoms with E-state index >= 15 is 0 Å². The van der Waals surface area contributed by atoms with Gasteiger partial charge >= 0.3 is 0 Å². The zero-order valence-corrected chi connectivity index (χ0v) is 40.3. The van der Waals surface area contributed by atoms with Crippen molar-refractivity contribution in [3.8, 4) is 51.7 Å². The number of aromatic nitrogens is 1. The quantitative estimate of drug-likeness (QED) is 0.148. The smallest absolute Gasteiger partial charge is 0.260 e. The summed E-state index contributed by atoms with van der Waals surface area (Å²) in [5, 5.41) is 2.24. The Kier molecular flexibility index (Phi) is 9.09. The van der Waals surface area contributed by atoms with Crippen LogP contribution in [0.3, 0.4) is 0 Å². The predicted molar refractivity (Wildman–Crippen MR) is 306 cm³/mol. The molecular weight excluding hydrogens is 920 g/mol. The van der Waals surface area contributed by atoms with E-state index in [4.69, 9.17) is 18.9 Å². The first-order valence-corrected chi connectivity index (χ1v) is 25.5. The van der Waals surface area contributed by atoms with Crippen LogP contribution in [0.25, 0.3) is 27.5 Å². The lowest BCUT2D eigenvalue weighted by Gasteiger charge is -2.35. The molecule has 0 spiro atoms. The predicted octanol–water partition coefficient (Wildman–Crippen LogP) is 13.2. The molecule has 75 heavy (non-hydrogen) atoms. The average molecular weight is 962 g/mol. The molecule has 0 fully saturated rings. The lowest BCUT2D eigenvalue weighted by atomic mass is 9.34. The van der Waals surface area contributed by atoms with Crippen molar-refractivity contribution in [2.24, 2.45) is 0 Å². The first-order valence-electron chi connectivity index (χ1n) is 25.5. The second kappa shape index (κ2) is 16.3. The average Bonchev–Trinajstić information content (AvgIpc) is 3.77. The first kappa shape index (κ1) is 41.7. The molecule has 7 nitrogen and oxygen atoms in total.